The minimum atomic E-state index is -1.76. The molecule has 7 N–H and O–H groups in total. The van der Waals surface area contributed by atoms with Crippen molar-refractivity contribution in [1.29, 1.82) is 0 Å². The van der Waals surface area contributed by atoms with E-state index in [0.29, 0.717) is 12.8 Å². The fourth-order valence-corrected chi connectivity index (χ4v) is 7.67. The van der Waals surface area contributed by atoms with E-state index < -0.39 is 92.7 Å². The normalized spacial score (nSPS) is 27.1. The molecule has 15 nitrogen and oxygen atoms in total. The van der Waals surface area contributed by atoms with Crippen LogP contribution < -0.4 is 0 Å². The number of ether oxygens (including phenoxy) is 6. The molecule has 0 aromatic heterocycles. The van der Waals surface area contributed by atoms with Crippen LogP contribution in [0.5, 0.6) is 0 Å². The molecule has 0 spiro atoms. The molecule has 0 saturated carbocycles. The van der Waals surface area contributed by atoms with E-state index in [0.717, 1.165) is 44.9 Å². The van der Waals surface area contributed by atoms with E-state index in [1.54, 1.807) is 0 Å². The average Bonchev–Trinajstić information content (AvgIpc) is 3.25. The number of hydrogen-bond donors (Lipinski definition) is 7. The van der Waals surface area contributed by atoms with Gasteiger partial charge in [-0.3, -0.25) is 9.59 Å². The van der Waals surface area contributed by atoms with Crippen LogP contribution in [0.25, 0.3) is 0 Å². The number of carbonyl (C=O) groups is 2. The molecule has 358 valence electrons. The van der Waals surface area contributed by atoms with E-state index >= 15 is 0 Å². The van der Waals surface area contributed by atoms with Gasteiger partial charge in [0, 0.05) is 12.8 Å². The summed E-state index contributed by atoms with van der Waals surface area (Å²) in [5, 5.41) is 71.9. The summed E-state index contributed by atoms with van der Waals surface area (Å²) in [5.41, 5.74) is 0. The number of rotatable bonds is 37. The number of unbranched alkanes of at least 4 members (excludes halogenated alkanes) is 22. The molecule has 2 heterocycles. The van der Waals surface area contributed by atoms with Gasteiger partial charge in [-0.05, 0) is 25.7 Å². The summed E-state index contributed by atoms with van der Waals surface area (Å²) in [6, 6.07) is 0. The van der Waals surface area contributed by atoms with Crippen molar-refractivity contribution in [3.63, 3.8) is 0 Å². The molecule has 0 aliphatic carbocycles. The highest BCUT2D eigenvalue weighted by Crippen LogP contribution is 2.26. The van der Waals surface area contributed by atoms with Crippen LogP contribution in [0.1, 0.15) is 174 Å². The third-order valence-corrected chi connectivity index (χ3v) is 11.6. The third kappa shape index (κ3) is 23.7. The first-order chi connectivity index (χ1) is 29.5. The first-order valence-corrected chi connectivity index (χ1v) is 23.7. The van der Waals surface area contributed by atoms with Gasteiger partial charge in [0.2, 0.25) is 0 Å². The lowest BCUT2D eigenvalue weighted by Gasteiger charge is -2.42. The van der Waals surface area contributed by atoms with Gasteiger partial charge in [-0.25, -0.2) is 0 Å². The molecule has 2 aliphatic heterocycles. The lowest BCUT2D eigenvalue weighted by molar-refractivity contribution is -0.332. The summed E-state index contributed by atoms with van der Waals surface area (Å²) >= 11 is 0. The number of aliphatic hydroxyl groups is 7. The highest BCUT2D eigenvalue weighted by Gasteiger charge is 2.47. The van der Waals surface area contributed by atoms with E-state index in [1.807, 2.05) is 6.08 Å². The van der Waals surface area contributed by atoms with Crippen LogP contribution in [0.3, 0.4) is 0 Å². The lowest BCUT2D eigenvalue weighted by atomic mass is 9.98. The van der Waals surface area contributed by atoms with Crippen LogP contribution in [0.2, 0.25) is 0 Å². The number of aliphatic hydroxyl groups excluding tert-OH is 7. The van der Waals surface area contributed by atoms with Gasteiger partial charge in [0.25, 0.3) is 0 Å². The zero-order valence-electron chi connectivity index (χ0n) is 37.2. The van der Waals surface area contributed by atoms with E-state index in [9.17, 15) is 45.3 Å². The standard InChI is InChI=1S/C46H84O15/c1-3-5-7-9-11-13-15-16-17-18-19-21-23-25-27-29-38(49)59-34(31-56-37(48)28-26-24-22-20-14-12-10-8-6-4-2)32-57-45-44(55)42(53)40(51)36(61-45)33-58-46-43(54)41(52)39(50)35(30-47)60-46/h3,34-36,39-47,50-55H,1,4-33H2,2H3/t34-,35-,36-,39+,40+,41?,42?,43?,44?,45-,46-/m1/s1. The largest absolute Gasteiger partial charge is 0.462 e. The van der Waals surface area contributed by atoms with Crippen LogP contribution in [0, 0.1) is 0 Å². The summed E-state index contributed by atoms with van der Waals surface area (Å²) in [6.07, 6.45) is 12.9. The van der Waals surface area contributed by atoms with Gasteiger partial charge >= 0.3 is 11.9 Å². The van der Waals surface area contributed by atoms with Crippen LogP contribution in [0.15, 0.2) is 12.7 Å². The topological polar surface area (TPSA) is 231 Å². The monoisotopic (exact) mass is 877 g/mol. The van der Waals surface area contributed by atoms with Crippen molar-refractivity contribution in [3.8, 4) is 0 Å². The van der Waals surface area contributed by atoms with E-state index in [2.05, 4.69) is 13.5 Å². The molecule has 4 unspecified atom stereocenters. The molecular formula is C46H84O15. The molecule has 0 bridgehead atoms. The zero-order valence-corrected chi connectivity index (χ0v) is 37.2. The molecule has 2 fully saturated rings. The molecular weight excluding hydrogens is 792 g/mol. The highest BCUT2D eigenvalue weighted by atomic mass is 16.7. The Hall–Kier alpha value is -1.76. The smallest absolute Gasteiger partial charge is 0.306 e. The maximum atomic E-state index is 12.9. The highest BCUT2D eigenvalue weighted by molar-refractivity contribution is 5.70. The van der Waals surface area contributed by atoms with Gasteiger partial charge in [0.05, 0.1) is 19.8 Å². The average molecular weight is 877 g/mol. The molecule has 0 amide bonds. The Balaban J connectivity index is 1.83. The predicted octanol–water partition coefficient (Wildman–Crippen LogP) is 5.43. The van der Waals surface area contributed by atoms with E-state index in [1.165, 1.54) is 96.3 Å². The lowest BCUT2D eigenvalue weighted by Crippen LogP contribution is -2.61. The number of allylic oxidation sites excluding steroid dienone is 1. The van der Waals surface area contributed by atoms with Gasteiger partial charge in [-0.1, -0.05) is 141 Å². The number of carbonyl (C=O) groups excluding carboxylic acids is 2. The quantitative estimate of drug-likeness (QED) is 0.0234. The first-order valence-electron chi connectivity index (χ1n) is 23.7. The summed E-state index contributed by atoms with van der Waals surface area (Å²) < 4.78 is 33.5. The van der Waals surface area contributed by atoms with Gasteiger partial charge in [-0.2, -0.15) is 0 Å². The molecule has 11 atom stereocenters. The maximum Gasteiger partial charge on any atom is 0.306 e. The van der Waals surface area contributed by atoms with Crippen molar-refractivity contribution in [2.75, 3.05) is 26.4 Å². The summed E-state index contributed by atoms with van der Waals surface area (Å²) in [4.78, 5) is 25.6. The van der Waals surface area contributed by atoms with Crippen molar-refractivity contribution in [2.24, 2.45) is 0 Å². The van der Waals surface area contributed by atoms with E-state index in [4.69, 9.17) is 28.4 Å². The van der Waals surface area contributed by atoms with Crippen LogP contribution >= 0.6 is 0 Å². The summed E-state index contributed by atoms with van der Waals surface area (Å²) in [6.45, 7) is 4.10. The second kappa shape index (κ2) is 34.6. The molecule has 2 rings (SSSR count). The number of hydrogen-bond acceptors (Lipinski definition) is 15. The number of esters is 2. The molecule has 2 saturated heterocycles. The SMILES string of the molecule is C=CCCCCCCCCCCCCCCCC(=O)O[C@H](COC(=O)CCCCCCCCCCCC)CO[C@@H]1O[C@H](CO[C@@H]2O[C@H](CO)[C@H](O)C(O)C2O)[C@H](O)C(O)C1O. The molecule has 2 aliphatic rings. The predicted molar refractivity (Wildman–Crippen MR) is 229 cm³/mol. The Morgan fingerprint density at radius 2 is 0.967 bits per heavy atom. The fourth-order valence-electron chi connectivity index (χ4n) is 7.67. The van der Waals surface area contributed by atoms with Gasteiger partial charge in [-0.15, -0.1) is 6.58 Å². The minimum absolute atomic E-state index is 0.167. The van der Waals surface area contributed by atoms with Crippen molar-refractivity contribution >= 4 is 11.9 Å². The van der Waals surface area contributed by atoms with Gasteiger partial charge in [0.15, 0.2) is 18.7 Å². The maximum absolute atomic E-state index is 12.9. The van der Waals surface area contributed by atoms with Crippen molar-refractivity contribution in [1.82, 2.24) is 0 Å². The Bertz CT molecular complexity index is 1110. The fraction of sp³-hybridized carbons (Fsp3) is 0.913. The minimum Gasteiger partial charge on any atom is -0.462 e. The molecule has 0 aromatic carbocycles. The van der Waals surface area contributed by atoms with Gasteiger partial charge in [0.1, 0.15) is 55.4 Å². The summed E-state index contributed by atoms with van der Waals surface area (Å²) in [5.74, 6) is -0.923. The van der Waals surface area contributed by atoms with Gasteiger partial charge < -0.3 is 64.2 Å². The Morgan fingerprint density at radius 3 is 1.46 bits per heavy atom. The zero-order chi connectivity index (χ0) is 44.7. The Labute approximate surface area is 365 Å². The second-order valence-corrected chi connectivity index (χ2v) is 17.0. The van der Waals surface area contributed by atoms with Crippen LogP contribution in [-0.2, 0) is 38.0 Å². The molecule has 0 radical (unpaired) electrons. The van der Waals surface area contributed by atoms with E-state index in [-0.39, 0.29) is 26.1 Å². The molecule has 61 heavy (non-hydrogen) atoms. The summed E-state index contributed by atoms with van der Waals surface area (Å²) in [7, 11) is 0. The Morgan fingerprint density at radius 1 is 0.541 bits per heavy atom. The van der Waals surface area contributed by atoms with Crippen molar-refractivity contribution < 1.29 is 73.8 Å². The van der Waals surface area contributed by atoms with Crippen molar-refractivity contribution in [2.45, 2.75) is 241 Å². The first kappa shape index (κ1) is 55.4. The Kier molecular flexibility index (Phi) is 31.4. The van der Waals surface area contributed by atoms with Crippen LogP contribution in [-0.4, -0.2) is 142 Å². The van der Waals surface area contributed by atoms with Crippen molar-refractivity contribution in [3.05, 3.63) is 12.7 Å². The molecule has 0 aromatic rings. The third-order valence-electron chi connectivity index (χ3n) is 11.6. The van der Waals surface area contributed by atoms with Crippen LogP contribution in [0.4, 0.5) is 0 Å². The molecule has 15 heteroatoms. The second-order valence-electron chi connectivity index (χ2n) is 17.0.